The SMILES string of the molecule is O=C(c1ccc(Oc2ccccc2)o1)N1CCCn2cncc2C1. The van der Waals surface area contributed by atoms with E-state index in [1.54, 1.807) is 23.2 Å². The average Bonchev–Trinajstić information content (AvgIpc) is 3.20. The van der Waals surface area contributed by atoms with Crippen LogP contribution in [0.1, 0.15) is 22.7 Å². The fourth-order valence-electron chi connectivity index (χ4n) is 2.81. The predicted octanol–water partition coefficient (Wildman–Crippen LogP) is 3.31. The van der Waals surface area contributed by atoms with Crippen LogP contribution in [0.15, 0.2) is 59.4 Å². The van der Waals surface area contributed by atoms with Gasteiger partial charge in [0.05, 0.1) is 18.6 Å². The van der Waals surface area contributed by atoms with E-state index >= 15 is 0 Å². The molecule has 0 atom stereocenters. The van der Waals surface area contributed by atoms with Gasteiger partial charge in [0.2, 0.25) is 0 Å². The number of rotatable bonds is 3. The molecule has 0 fully saturated rings. The molecule has 0 bridgehead atoms. The Hall–Kier alpha value is -3.02. The van der Waals surface area contributed by atoms with E-state index in [1.165, 1.54) is 0 Å². The van der Waals surface area contributed by atoms with Crippen LogP contribution in [-0.4, -0.2) is 26.9 Å². The highest BCUT2D eigenvalue weighted by Gasteiger charge is 2.23. The smallest absolute Gasteiger partial charge is 0.290 e. The summed E-state index contributed by atoms with van der Waals surface area (Å²) in [4.78, 5) is 18.6. The number of nitrogens with zero attached hydrogens (tertiary/aromatic N) is 3. The largest absolute Gasteiger partial charge is 0.426 e. The molecule has 1 aliphatic heterocycles. The van der Waals surface area contributed by atoms with Crippen molar-refractivity contribution in [1.29, 1.82) is 0 Å². The molecule has 0 spiro atoms. The quantitative estimate of drug-likeness (QED) is 0.742. The van der Waals surface area contributed by atoms with Crippen LogP contribution in [0.4, 0.5) is 0 Å². The molecule has 0 aliphatic carbocycles. The lowest BCUT2D eigenvalue weighted by molar-refractivity contribution is 0.0708. The van der Waals surface area contributed by atoms with Crippen molar-refractivity contribution >= 4 is 5.91 Å². The lowest BCUT2D eigenvalue weighted by Gasteiger charge is -2.18. The molecular formula is C18H17N3O3. The second-order valence-corrected chi connectivity index (χ2v) is 5.69. The lowest BCUT2D eigenvalue weighted by atomic mass is 10.3. The second kappa shape index (κ2) is 6.23. The van der Waals surface area contributed by atoms with Crippen molar-refractivity contribution in [2.24, 2.45) is 0 Å². The molecule has 6 heteroatoms. The summed E-state index contributed by atoms with van der Waals surface area (Å²) >= 11 is 0. The van der Waals surface area contributed by atoms with Crippen LogP contribution in [0, 0.1) is 0 Å². The summed E-state index contributed by atoms with van der Waals surface area (Å²) in [5.74, 6) is 1.13. The number of ether oxygens (including phenoxy) is 1. The minimum Gasteiger partial charge on any atom is -0.426 e. The average molecular weight is 323 g/mol. The first-order chi connectivity index (χ1) is 11.8. The van der Waals surface area contributed by atoms with Crippen molar-refractivity contribution in [3.63, 3.8) is 0 Å². The minimum absolute atomic E-state index is 0.132. The van der Waals surface area contributed by atoms with Gasteiger partial charge in [-0.25, -0.2) is 4.98 Å². The topological polar surface area (TPSA) is 60.5 Å². The first-order valence-corrected chi connectivity index (χ1v) is 7.90. The number of hydrogen-bond acceptors (Lipinski definition) is 4. The second-order valence-electron chi connectivity index (χ2n) is 5.69. The molecule has 1 aromatic carbocycles. The van der Waals surface area contributed by atoms with Crippen LogP contribution < -0.4 is 4.74 Å². The van der Waals surface area contributed by atoms with E-state index in [1.807, 2.05) is 36.7 Å². The number of imidazole rings is 1. The summed E-state index contributed by atoms with van der Waals surface area (Å²) in [6.45, 7) is 2.10. The molecule has 0 unspecified atom stereocenters. The molecule has 0 N–H and O–H groups in total. The Morgan fingerprint density at radius 1 is 1.12 bits per heavy atom. The van der Waals surface area contributed by atoms with Crippen LogP contribution >= 0.6 is 0 Å². The monoisotopic (exact) mass is 323 g/mol. The van der Waals surface area contributed by atoms with E-state index < -0.39 is 0 Å². The van der Waals surface area contributed by atoms with Crippen molar-refractivity contribution in [2.45, 2.75) is 19.5 Å². The predicted molar refractivity (Wildman–Crippen MR) is 86.8 cm³/mol. The number of aryl methyl sites for hydroxylation is 1. The molecule has 4 rings (SSSR count). The fraction of sp³-hybridized carbons (Fsp3) is 0.222. The van der Waals surface area contributed by atoms with Crippen LogP contribution in [0.3, 0.4) is 0 Å². The summed E-state index contributed by atoms with van der Waals surface area (Å²) in [6, 6.07) is 12.7. The van der Waals surface area contributed by atoms with Crippen LogP contribution in [0.5, 0.6) is 11.7 Å². The molecule has 6 nitrogen and oxygen atoms in total. The number of carbonyl (C=O) groups excluding carboxylic acids is 1. The molecular weight excluding hydrogens is 306 g/mol. The van der Waals surface area contributed by atoms with Gasteiger partial charge in [0.15, 0.2) is 5.76 Å². The van der Waals surface area contributed by atoms with Gasteiger partial charge < -0.3 is 18.6 Å². The van der Waals surface area contributed by atoms with Crippen LogP contribution in [-0.2, 0) is 13.1 Å². The number of para-hydroxylation sites is 1. The minimum atomic E-state index is -0.132. The van der Waals surface area contributed by atoms with E-state index in [0.717, 1.165) is 18.7 Å². The van der Waals surface area contributed by atoms with E-state index in [4.69, 9.17) is 9.15 Å². The lowest BCUT2D eigenvalue weighted by Crippen LogP contribution is -2.30. The normalized spacial score (nSPS) is 14.1. The van der Waals surface area contributed by atoms with Gasteiger partial charge in [0, 0.05) is 25.4 Å². The molecule has 122 valence electrons. The maximum atomic E-state index is 12.7. The van der Waals surface area contributed by atoms with Gasteiger partial charge in [-0.05, 0) is 24.6 Å². The standard InChI is InChI=1S/C18H17N3O3/c22-18(20-9-4-10-21-13-19-11-14(21)12-20)16-7-8-17(24-16)23-15-5-2-1-3-6-15/h1-3,5-8,11,13H,4,9-10,12H2. The van der Waals surface area contributed by atoms with Crippen molar-refractivity contribution in [2.75, 3.05) is 6.54 Å². The van der Waals surface area contributed by atoms with Gasteiger partial charge in [0.1, 0.15) is 5.75 Å². The molecule has 3 aromatic rings. The van der Waals surface area contributed by atoms with Gasteiger partial charge in [-0.3, -0.25) is 4.79 Å². The van der Waals surface area contributed by atoms with Crippen molar-refractivity contribution in [1.82, 2.24) is 14.5 Å². The highest BCUT2D eigenvalue weighted by Crippen LogP contribution is 2.25. The first kappa shape index (κ1) is 14.6. The van der Waals surface area contributed by atoms with Crippen molar-refractivity contribution in [3.8, 4) is 11.7 Å². The summed E-state index contributed by atoms with van der Waals surface area (Å²) in [5.41, 5.74) is 1.04. The highest BCUT2D eigenvalue weighted by atomic mass is 16.6. The Morgan fingerprint density at radius 2 is 2.00 bits per heavy atom. The summed E-state index contributed by atoms with van der Waals surface area (Å²) in [6.07, 6.45) is 4.50. The molecule has 1 amide bonds. The van der Waals surface area contributed by atoms with Gasteiger partial charge in [-0.15, -0.1) is 0 Å². The Kier molecular flexibility index (Phi) is 3.78. The van der Waals surface area contributed by atoms with Crippen molar-refractivity contribution in [3.05, 3.63) is 66.4 Å². The Labute approximate surface area is 139 Å². The zero-order valence-corrected chi connectivity index (χ0v) is 13.1. The number of aromatic nitrogens is 2. The van der Waals surface area contributed by atoms with Gasteiger partial charge in [-0.1, -0.05) is 18.2 Å². The summed E-state index contributed by atoms with van der Waals surface area (Å²) in [5, 5.41) is 0. The van der Waals surface area contributed by atoms with Gasteiger partial charge >= 0.3 is 0 Å². The molecule has 2 aromatic heterocycles. The van der Waals surface area contributed by atoms with E-state index in [2.05, 4.69) is 9.55 Å². The number of benzene rings is 1. The number of hydrogen-bond donors (Lipinski definition) is 0. The number of furan rings is 1. The summed E-state index contributed by atoms with van der Waals surface area (Å²) in [7, 11) is 0. The van der Waals surface area contributed by atoms with E-state index in [-0.39, 0.29) is 11.7 Å². The third-order valence-electron chi connectivity index (χ3n) is 4.02. The molecule has 0 radical (unpaired) electrons. The number of fused-ring (bicyclic) bond motifs is 1. The van der Waals surface area contributed by atoms with Crippen LogP contribution in [0.2, 0.25) is 0 Å². The third-order valence-corrected chi connectivity index (χ3v) is 4.02. The molecule has 0 saturated heterocycles. The van der Waals surface area contributed by atoms with Gasteiger partial charge in [0.25, 0.3) is 11.9 Å². The molecule has 3 heterocycles. The Morgan fingerprint density at radius 3 is 2.88 bits per heavy atom. The molecule has 0 saturated carbocycles. The first-order valence-electron chi connectivity index (χ1n) is 7.90. The van der Waals surface area contributed by atoms with Gasteiger partial charge in [-0.2, -0.15) is 0 Å². The van der Waals surface area contributed by atoms with E-state index in [0.29, 0.717) is 24.8 Å². The maximum absolute atomic E-state index is 12.7. The Balaban J connectivity index is 1.49. The van der Waals surface area contributed by atoms with Crippen molar-refractivity contribution < 1.29 is 13.9 Å². The highest BCUT2D eigenvalue weighted by molar-refractivity contribution is 5.91. The number of amides is 1. The molecule has 1 aliphatic rings. The fourth-order valence-corrected chi connectivity index (χ4v) is 2.81. The zero-order chi connectivity index (χ0) is 16.4. The number of carbonyl (C=O) groups is 1. The Bertz CT molecular complexity index is 838. The summed E-state index contributed by atoms with van der Waals surface area (Å²) < 4.78 is 13.3. The third kappa shape index (κ3) is 2.90. The zero-order valence-electron chi connectivity index (χ0n) is 13.1. The maximum Gasteiger partial charge on any atom is 0.290 e. The molecule has 24 heavy (non-hydrogen) atoms. The van der Waals surface area contributed by atoms with Crippen LogP contribution in [0.25, 0.3) is 0 Å². The van der Waals surface area contributed by atoms with E-state index in [9.17, 15) is 4.79 Å².